The summed E-state index contributed by atoms with van der Waals surface area (Å²) in [6.45, 7) is 6.97. The smallest absolute Gasteiger partial charge is 0.251 e. The Balaban J connectivity index is 1.61. The molecule has 1 saturated carbocycles. The summed E-state index contributed by atoms with van der Waals surface area (Å²) in [5.41, 5.74) is 2.12. The molecule has 0 spiro atoms. The van der Waals surface area contributed by atoms with Gasteiger partial charge in [0.25, 0.3) is 5.91 Å². The fourth-order valence-corrected chi connectivity index (χ4v) is 3.56. The van der Waals surface area contributed by atoms with Crippen molar-refractivity contribution >= 4 is 23.4 Å². The lowest BCUT2D eigenvalue weighted by molar-refractivity contribution is -0.135. The highest BCUT2D eigenvalue weighted by molar-refractivity contribution is 5.98. The zero-order valence-corrected chi connectivity index (χ0v) is 16.4. The molecule has 0 aromatic heterocycles. The third-order valence-electron chi connectivity index (χ3n) is 5.19. The number of amides is 3. The minimum atomic E-state index is -0.175. The molecule has 6 heteroatoms. The van der Waals surface area contributed by atoms with Gasteiger partial charge in [-0.3, -0.25) is 14.4 Å². The maximum absolute atomic E-state index is 12.7. The van der Waals surface area contributed by atoms with E-state index in [1.54, 1.807) is 12.1 Å². The molecular formula is C21H29N3O3. The molecule has 146 valence electrons. The van der Waals surface area contributed by atoms with Crippen molar-refractivity contribution < 1.29 is 14.4 Å². The van der Waals surface area contributed by atoms with Crippen LogP contribution in [0, 0.1) is 18.8 Å². The Morgan fingerprint density at radius 2 is 1.85 bits per heavy atom. The van der Waals surface area contributed by atoms with Crippen LogP contribution in [0.1, 0.15) is 55.5 Å². The van der Waals surface area contributed by atoms with Crippen LogP contribution in [0.2, 0.25) is 0 Å². The van der Waals surface area contributed by atoms with E-state index in [0.29, 0.717) is 17.8 Å². The Kier molecular flexibility index (Phi) is 5.82. The molecule has 2 aliphatic rings. The van der Waals surface area contributed by atoms with Gasteiger partial charge in [0.1, 0.15) is 0 Å². The molecule has 1 aliphatic heterocycles. The van der Waals surface area contributed by atoms with E-state index in [0.717, 1.165) is 37.8 Å². The van der Waals surface area contributed by atoms with Gasteiger partial charge in [-0.2, -0.15) is 0 Å². The average Bonchev–Trinajstić information content (AvgIpc) is 3.45. The van der Waals surface area contributed by atoms with Crippen LogP contribution in [0.4, 0.5) is 5.69 Å². The maximum atomic E-state index is 12.7. The average molecular weight is 371 g/mol. The number of likely N-dealkylation sites (tertiary alicyclic amines) is 1. The number of carbonyl (C=O) groups is 3. The van der Waals surface area contributed by atoms with E-state index in [-0.39, 0.29) is 35.6 Å². The van der Waals surface area contributed by atoms with E-state index in [2.05, 4.69) is 10.6 Å². The zero-order chi connectivity index (χ0) is 19.6. The number of hydrogen-bond acceptors (Lipinski definition) is 3. The van der Waals surface area contributed by atoms with Crippen molar-refractivity contribution in [2.24, 2.45) is 11.8 Å². The van der Waals surface area contributed by atoms with Gasteiger partial charge in [-0.1, -0.05) is 0 Å². The van der Waals surface area contributed by atoms with E-state index in [1.165, 1.54) is 0 Å². The molecular weight excluding hydrogens is 342 g/mol. The zero-order valence-electron chi connectivity index (χ0n) is 16.4. The summed E-state index contributed by atoms with van der Waals surface area (Å²) in [5.74, 6) is 0.0671. The van der Waals surface area contributed by atoms with Gasteiger partial charge >= 0.3 is 0 Å². The van der Waals surface area contributed by atoms with Crippen molar-refractivity contribution in [2.75, 3.05) is 18.4 Å². The highest BCUT2D eigenvalue weighted by Crippen LogP contribution is 2.32. The quantitative estimate of drug-likeness (QED) is 0.835. The van der Waals surface area contributed by atoms with Crippen LogP contribution >= 0.6 is 0 Å². The lowest BCUT2D eigenvalue weighted by Gasteiger charge is -2.32. The number of hydrogen-bond donors (Lipinski definition) is 2. The first-order valence-corrected chi connectivity index (χ1v) is 9.86. The van der Waals surface area contributed by atoms with Gasteiger partial charge in [-0.15, -0.1) is 0 Å². The lowest BCUT2D eigenvalue weighted by Crippen LogP contribution is -2.44. The summed E-state index contributed by atoms with van der Waals surface area (Å²) in [6.07, 6.45) is 3.64. The monoisotopic (exact) mass is 371 g/mol. The Labute approximate surface area is 160 Å². The number of nitrogens with zero attached hydrogens (tertiary/aromatic N) is 1. The highest BCUT2D eigenvalue weighted by Gasteiger charge is 2.36. The summed E-state index contributed by atoms with van der Waals surface area (Å²) in [4.78, 5) is 39.0. The Bertz CT molecular complexity index is 740. The molecule has 0 radical (unpaired) electrons. The van der Waals surface area contributed by atoms with Gasteiger partial charge in [0, 0.05) is 36.3 Å². The van der Waals surface area contributed by atoms with Crippen LogP contribution in [0.25, 0.3) is 0 Å². The van der Waals surface area contributed by atoms with Crippen molar-refractivity contribution in [1.82, 2.24) is 10.2 Å². The van der Waals surface area contributed by atoms with Crippen LogP contribution in [0.3, 0.4) is 0 Å². The van der Waals surface area contributed by atoms with Gasteiger partial charge in [0.2, 0.25) is 11.8 Å². The first kappa shape index (κ1) is 19.4. The van der Waals surface area contributed by atoms with Crippen molar-refractivity contribution in [3.63, 3.8) is 0 Å². The molecule has 3 amide bonds. The number of piperidine rings is 1. The van der Waals surface area contributed by atoms with Crippen molar-refractivity contribution in [1.29, 1.82) is 0 Å². The summed E-state index contributed by atoms with van der Waals surface area (Å²) >= 11 is 0. The second-order valence-electron chi connectivity index (χ2n) is 8.04. The highest BCUT2D eigenvalue weighted by atomic mass is 16.2. The predicted octanol–water partition coefficient (Wildman–Crippen LogP) is 2.72. The normalized spacial score (nSPS) is 19.7. The van der Waals surface area contributed by atoms with Gasteiger partial charge in [0.15, 0.2) is 0 Å². The standard InChI is InChI=1S/C21H29N3O3/c1-13(2)22-20(26)18-9-8-17(11-14(18)3)23-19(25)16-5-4-10-24(12-16)21(27)15-6-7-15/h8-9,11,13,15-16H,4-7,10,12H2,1-3H3,(H,22,26)(H,23,25). The second kappa shape index (κ2) is 8.11. The number of rotatable bonds is 5. The predicted molar refractivity (Wildman–Crippen MR) is 104 cm³/mol. The number of carbonyl (C=O) groups excluding carboxylic acids is 3. The number of nitrogens with one attached hydrogen (secondary N) is 2. The molecule has 1 atom stereocenters. The molecule has 3 rings (SSSR count). The first-order chi connectivity index (χ1) is 12.8. The van der Waals surface area contributed by atoms with Crippen LogP contribution < -0.4 is 10.6 Å². The van der Waals surface area contributed by atoms with Gasteiger partial charge in [-0.05, 0) is 70.2 Å². The Morgan fingerprint density at radius 1 is 1.11 bits per heavy atom. The molecule has 1 heterocycles. The third kappa shape index (κ3) is 4.87. The summed E-state index contributed by atoms with van der Waals surface area (Å²) < 4.78 is 0. The SMILES string of the molecule is Cc1cc(NC(=O)C2CCCN(C(=O)C3CC3)C2)ccc1C(=O)NC(C)C. The minimum Gasteiger partial charge on any atom is -0.350 e. The fourth-order valence-electron chi connectivity index (χ4n) is 3.56. The molecule has 1 aromatic rings. The van der Waals surface area contributed by atoms with Crippen LogP contribution in [0.5, 0.6) is 0 Å². The van der Waals surface area contributed by atoms with E-state index in [1.807, 2.05) is 31.7 Å². The van der Waals surface area contributed by atoms with Crippen LogP contribution in [-0.4, -0.2) is 41.8 Å². The van der Waals surface area contributed by atoms with E-state index < -0.39 is 0 Å². The molecule has 2 fully saturated rings. The van der Waals surface area contributed by atoms with Gasteiger partial charge in [-0.25, -0.2) is 0 Å². The molecule has 1 aliphatic carbocycles. The topological polar surface area (TPSA) is 78.5 Å². The summed E-state index contributed by atoms with van der Waals surface area (Å²) in [7, 11) is 0. The summed E-state index contributed by atoms with van der Waals surface area (Å²) in [6, 6.07) is 5.40. The molecule has 1 unspecified atom stereocenters. The Morgan fingerprint density at radius 3 is 2.48 bits per heavy atom. The largest absolute Gasteiger partial charge is 0.350 e. The maximum Gasteiger partial charge on any atom is 0.251 e. The number of aryl methyl sites for hydroxylation is 1. The fraction of sp³-hybridized carbons (Fsp3) is 0.571. The third-order valence-corrected chi connectivity index (χ3v) is 5.19. The van der Waals surface area contributed by atoms with Crippen molar-refractivity contribution in [3.8, 4) is 0 Å². The number of anilines is 1. The van der Waals surface area contributed by atoms with Gasteiger partial charge in [0.05, 0.1) is 5.92 Å². The van der Waals surface area contributed by atoms with E-state index in [9.17, 15) is 14.4 Å². The molecule has 0 bridgehead atoms. The first-order valence-electron chi connectivity index (χ1n) is 9.86. The molecule has 6 nitrogen and oxygen atoms in total. The molecule has 1 aromatic carbocycles. The molecule has 1 saturated heterocycles. The summed E-state index contributed by atoms with van der Waals surface area (Å²) in [5, 5.41) is 5.83. The second-order valence-corrected chi connectivity index (χ2v) is 8.04. The minimum absolute atomic E-state index is 0.0536. The van der Waals surface area contributed by atoms with Gasteiger partial charge < -0.3 is 15.5 Å². The van der Waals surface area contributed by atoms with Crippen LogP contribution in [-0.2, 0) is 9.59 Å². The Hall–Kier alpha value is -2.37. The molecule has 27 heavy (non-hydrogen) atoms. The lowest BCUT2D eigenvalue weighted by atomic mass is 9.96. The van der Waals surface area contributed by atoms with Crippen molar-refractivity contribution in [3.05, 3.63) is 29.3 Å². The van der Waals surface area contributed by atoms with Crippen molar-refractivity contribution in [2.45, 2.75) is 52.5 Å². The van der Waals surface area contributed by atoms with E-state index >= 15 is 0 Å². The molecule has 2 N–H and O–H groups in total. The van der Waals surface area contributed by atoms with Crippen LogP contribution in [0.15, 0.2) is 18.2 Å². The number of benzene rings is 1. The van der Waals surface area contributed by atoms with E-state index in [4.69, 9.17) is 0 Å².